The lowest BCUT2D eigenvalue weighted by atomic mass is 10.3. The zero-order valence-corrected chi connectivity index (χ0v) is 7.86. The molecule has 1 aromatic heterocycles. The average Bonchev–Trinajstić information content (AvgIpc) is 2.47. The van der Waals surface area contributed by atoms with Crippen molar-refractivity contribution in [2.75, 3.05) is 5.73 Å². The summed E-state index contributed by atoms with van der Waals surface area (Å²) < 4.78 is 41.1. The number of benzene rings is 1. The van der Waals surface area contributed by atoms with Crippen molar-refractivity contribution in [1.82, 2.24) is 4.98 Å². The van der Waals surface area contributed by atoms with Crippen LogP contribution in [0.3, 0.4) is 0 Å². The van der Waals surface area contributed by atoms with Crippen LogP contribution in [0.2, 0.25) is 5.02 Å². The third-order valence-corrected chi connectivity index (χ3v) is 2.08. The van der Waals surface area contributed by atoms with Crippen molar-refractivity contribution in [3.05, 3.63) is 23.0 Å². The number of hydrogen-bond donors (Lipinski definition) is 1. The van der Waals surface area contributed by atoms with Gasteiger partial charge in [-0.05, 0) is 6.07 Å². The van der Waals surface area contributed by atoms with E-state index in [0.29, 0.717) is 0 Å². The van der Waals surface area contributed by atoms with Gasteiger partial charge in [0.2, 0.25) is 0 Å². The lowest BCUT2D eigenvalue weighted by Crippen LogP contribution is -2.04. The number of aromatic nitrogens is 1. The summed E-state index contributed by atoms with van der Waals surface area (Å²) in [5, 5.41) is 0.143. The lowest BCUT2D eigenvalue weighted by molar-refractivity contribution is -0.156. The highest BCUT2D eigenvalue weighted by atomic mass is 35.5. The van der Waals surface area contributed by atoms with Crippen molar-refractivity contribution in [3.63, 3.8) is 0 Å². The Morgan fingerprint density at radius 1 is 1.33 bits per heavy atom. The second-order valence-corrected chi connectivity index (χ2v) is 3.27. The number of nitrogen functional groups attached to an aromatic ring is 1. The SMILES string of the molecule is Nc1cc2oc(C(F)(F)F)nc2cc1Cl. The minimum Gasteiger partial charge on any atom is -0.433 e. The molecule has 1 aromatic carbocycles. The zero-order chi connectivity index (χ0) is 11.2. The van der Waals surface area contributed by atoms with Crippen LogP contribution in [0.25, 0.3) is 11.1 Å². The van der Waals surface area contributed by atoms with Crippen molar-refractivity contribution in [2.45, 2.75) is 6.18 Å². The fraction of sp³-hybridized carbons (Fsp3) is 0.125. The molecule has 3 nitrogen and oxygen atoms in total. The molecule has 0 unspecified atom stereocenters. The number of rotatable bonds is 0. The Morgan fingerprint density at radius 3 is 2.60 bits per heavy atom. The summed E-state index contributed by atoms with van der Waals surface area (Å²) >= 11 is 5.62. The molecule has 0 aliphatic rings. The summed E-state index contributed by atoms with van der Waals surface area (Å²) in [6, 6.07) is 2.44. The average molecular weight is 237 g/mol. The zero-order valence-electron chi connectivity index (χ0n) is 7.10. The number of nitrogens with two attached hydrogens (primary N) is 1. The molecule has 80 valence electrons. The van der Waals surface area contributed by atoms with Crippen LogP contribution in [0.5, 0.6) is 0 Å². The van der Waals surface area contributed by atoms with Crippen molar-refractivity contribution in [1.29, 1.82) is 0 Å². The van der Waals surface area contributed by atoms with Crippen LogP contribution in [-0.4, -0.2) is 4.98 Å². The Kier molecular flexibility index (Phi) is 2.04. The molecule has 1 heterocycles. The van der Waals surface area contributed by atoms with E-state index in [0.717, 1.165) is 0 Å². The van der Waals surface area contributed by atoms with E-state index in [1.54, 1.807) is 0 Å². The minimum atomic E-state index is -4.61. The molecule has 7 heteroatoms. The second-order valence-electron chi connectivity index (χ2n) is 2.86. The first-order chi connectivity index (χ1) is 6.88. The van der Waals surface area contributed by atoms with E-state index in [9.17, 15) is 13.2 Å². The normalized spacial score (nSPS) is 12.3. The molecule has 15 heavy (non-hydrogen) atoms. The van der Waals surface area contributed by atoms with E-state index in [1.165, 1.54) is 12.1 Å². The molecule has 0 amide bonds. The molecular formula is C8H4ClF3N2O. The molecule has 2 aromatic rings. The monoisotopic (exact) mass is 236 g/mol. The number of nitrogens with zero attached hydrogens (tertiary/aromatic N) is 1. The molecule has 0 fully saturated rings. The number of anilines is 1. The summed E-state index contributed by atoms with van der Waals surface area (Å²) in [6.45, 7) is 0. The molecule has 0 radical (unpaired) electrons. The van der Waals surface area contributed by atoms with Crippen molar-refractivity contribution in [2.24, 2.45) is 0 Å². The van der Waals surface area contributed by atoms with Crippen molar-refractivity contribution in [3.8, 4) is 0 Å². The number of oxazole rings is 1. The van der Waals surface area contributed by atoms with Crippen molar-refractivity contribution >= 4 is 28.4 Å². The summed E-state index contributed by atoms with van der Waals surface area (Å²) in [7, 11) is 0. The van der Waals surface area contributed by atoms with Gasteiger partial charge < -0.3 is 10.2 Å². The maximum Gasteiger partial charge on any atom is 0.468 e. The first-order valence-electron chi connectivity index (χ1n) is 3.80. The molecule has 0 saturated carbocycles. The molecule has 0 aliphatic heterocycles. The summed E-state index contributed by atoms with van der Waals surface area (Å²) in [5.41, 5.74) is 5.54. The van der Waals surface area contributed by atoms with E-state index < -0.39 is 12.1 Å². The van der Waals surface area contributed by atoms with Crippen LogP contribution in [0.1, 0.15) is 5.89 Å². The highest BCUT2D eigenvalue weighted by molar-refractivity contribution is 6.33. The number of fused-ring (bicyclic) bond motifs is 1. The number of alkyl halides is 3. The Hall–Kier alpha value is -1.43. The fourth-order valence-electron chi connectivity index (χ4n) is 1.09. The molecule has 0 aliphatic carbocycles. The quantitative estimate of drug-likeness (QED) is 0.715. The van der Waals surface area contributed by atoms with Gasteiger partial charge in [0.1, 0.15) is 5.52 Å². The van der Waals surface area contributed by atoms with Crippen molar-refractivity contribution < 1.29 is 17.6 Å². The van der Waals surface area contributed by atoms with E-state index in [2.05, 4.69) is 9.40 Å². The smallest absolute Gasteiger partial charge is 0.433 e. The minimum absolute atomic E-state index is 0.0292. The molecule has 2 N–H and O–H groups in total. The molecule has 0 atom stereocenters. The van der Waals surface area contributed by atoms with Gasteiger partial charge >= 0.3 is 12.1 Å². The van der Waals surface area contributed by atoms with Gasteiger partial charge in [-0.2, -0.15) is 13.2 Å². The standard InChI is InChI=1S/C8H4ClF3N2O/c9-3-1-5-6(2-4(3)13)15-7(14-5)8(10,11)12/h1-2H,13H2. The summed E-state index contributed by atoms with van der Waals surface area (Å²) in [6.07, 6.45) is -4.61. The maximum absolute atomic E-state index is 12.2. The van der Waals surface area contributed by atoms with Crippen LogP contribution in [0.15, 0.2) is 16.5 Å². The van der Waals surface area contributed by atoms with Gasteiger partial charge in [-0.1, -0.05) is 11.6 Å². The predicted molar refractivity (Wildman–Crippen MR) is 48.4 cm³/mol. The van der Waals surface area contributed by atoms with Crippen LogP contribution >= 0.6 is 11.6 Å². The van der Waals surface area contributed by atoms with E-state index in [4.69, 9.17) is 17.3 Å². The van der Waals surface area contributed by atoms with Gasteiger partial charge in [0, 0.05) is 6.07 Å². The van der Waals surface area contributed by atoms with Gasteiger partial charge in [0.25, 0.3) is 0 Å². The Balaban J connectivity index is 2.66. The lowest BCUT2D eigenvalue weighted by Gasteiger charge is -1.97. The second kappa shape index (κ2) is 3.03. The fourth-order valence-corrected chi connectivity index (χ4v) is 1.24. The third-order valence-electron chi connectivity index (χ3n) is 1.75. The molecule has 0 saturated heterocycles. The first kappa shape index (κ1) is 10.1. The topological polar surface area (TPSA) is 52.0 Å². The molecule has 0 spiro atoms. The van der Waals surface area contributed by atoms with Crippen LogP contribution in [-0.2, 0) is 6.18 Å². The van der Waals surface area contributed by atoms with Gasteiger partial charge in [-0.25, -0.2) is 4.98 Å². The molecule has 0 bridgehead atoms. The molecule has 2 rings (SSSR count). The van der Waals surface area contributed by atoms with Crippen LogP contribution in [0, 0.1) is 0 Å². The highest BCUT2D eigenvalue weighted by Gasteiger charge is 2.37. The first-order valence-corrected chi connectivity index (χ1v) is 4.18. The largest absolute Gasteiger partial charge is 0.468 e. The number of hydrogen-bond acceptors (Lipinski definition) is 3. The summed E-state index contributed by atoms with van der Waals surface area (Å²) in [4.78, 5) is 3.25. The van der Waals surface area contributed by atoms with Gasteiger partial charge in [-0.15, -0.1) is 0 Å². The Bertz CT molecular complexity index is 481. The van der Waals surface area contributed by atoms with E-state index in [-0.39, 0.29) is 21.8 Å². The number of halogens is 4. The molecular weight excluding hydrogens is 233 g/mol. The van der Waals surface area contributed by atoms with Gasteiger partial charge in [-0.3, -0.25) is 0 Å². The van der Waals surface area contributed by atoms with E-state index >= 15 is 0 Å². The van der Waals surface area contributed by atoms with Crippen LogP contribution in [0.4, 0.5) is 18.9 Å². The van der Waals surface area contributed by atoms with Crippen LogP contribution < -0.4 is 5.73 Å². The van der Waals surface area contributed by atoms with E-state index in [1.807, 2.05) is 0 Å². The summed E-state index contributed by atoms with van der Waals surface area (Å²) in [5.74, 6) is -1.31. The maximum atomic E-state index is 12.2. The van der Waals surface area contributed by atoms with Gasteiger partial charge in [0.05, 0.1) is 10.7 Å². The Labute approximate surface area is 86.6 Å². The van der Waals surface area contributed by atoms with Gasteiger partial charge in [0.15, 0.2) is 5.58 Å². The predicted octanol–water partition coefficient (Wildman–Crippen LogP) is 3.08. The Morgan fingerprint density at radius 2 is 2.00 bits per heavy atom. The third kappa shape index (κ3) is 1.72. The highest BCUT2D eigenvalue weighted by Crippen LogP contribution is 2.33.